The van der Waals surface area contributed by atoms with Crippen molar-refractivity contribution in [3.05, 3.63) is 11.6 Å². The molecule has 7 nitrogen and oxygen atoms in total. The third kappa shape index (κ3) is 8.09. The third-order valence-corrected chi connectivity index (χ3v) is 11.8. The molecule has 3 fully saturated rings. The summed E-state index contributed by atoms with van der Waals surface area (Å²) in [4.78, 5) is 24.6. The van der Waals surface area contributed by atoms with Crippen LogP contribution in [0.4, 0.5) is 4.79 Å². The van der Waals surface area contributed by atoms with Crippen molar-refractivity contribution in [2.24, 2.45) is 46.3 Å². The second-order valence-corrected chi connectivity index (χ2v) is 14.8. The highest BCUT2D eigenvalue weighted by molar-refractivity contribution is 8.93. The second-order valence-electron chi connectivity index (χ2n) is 14.8. The molecule has 4 aliphatic rings. The summed E-state index contributed by atoms with van der Waals surface area (Å²) >= 11 is 0. The molecule has 4 rings (SSSR count). The van der Waals surface area contributed by atoms with Gasteiger partial charge in [0.2, 0.25) is 0 Å². The first-order valence-electron chi connectivity index (χ1n) is 16.3. The lowest BCUT2D eigenvalue weighted by Gasteiger charge is -2.58. The van der Waals surface area contributed by atoms with Gasteiger partial charge in [0.1, 0.15) is 6.10 Å². The van der Waals surface area contributed by atoms with E-state index in [0.717, 1.165) is 54.8 Å². The number of aliphatic hydroxyl groups is 2. The normalized spacial score (nSPS) is 35.3. The van der Waals surface area contributed by atoms with Crippen LogP contribution in [0.2, 0.25) is 0 Å². The van der Waals surface area contributed by atoms with Gasteiger partial charge in [-0.1, -0.05) is 65.5 Å². The van der Waals surface area contributed by atoms with Crippen LogP contribution in [0.15, 0.2) is 11.6 Å². The van der Waals surface area contributed by atoms with Gasteiger partial charge in [0, 0.05) is 19.6 Å². The summed E-state index contributed by atoms with van der Waals surface area (Å²) in [6, 6.07) is 0. The zero-order valence-corrected chi connectivity index (χ0v) is 28.3. The number of amides is 1. The Kier molecular flexibility index (Phi) is 12.6. The number of hydrogen-bond acceptors (Lipinski definition) is 6. The Morgan fingerprint density at radius 1 is 1.10 bits per heavy atom. The summed E-state index contributed by atoms with van der Waals surface area (Å²) in [6.07, 6.45) is 14.3. The second kappa shape index (κ2) is 14.9. The van der Waals surface area contributed by atoms with Crippen LogP contribution in [-0.2, 0) is 9.78 Å². The van der Waals surface area contributed by atoms with Crippen molar-refractivity contribution in [3.63, 3.8) is 0 Å². The molecule has 8 heteroatoms. The molecule has 41 heavy (non-hydrogen) atoms. The fraction of sp³-hybridized carbons (Fsp3) is 0.909. The molecule has 0 aliphatic heterocycles. The minimum absolute atomic E-state index is 0. The van der Waals surface area contributed by atoms with Crippen LogP contribution in [0.1, 0.15) is 105 Å². The maximum atomic E-state index is 12.1. The van der Waals surface area contributed by atoms with E-state index in [2.05, 4.69) is 46.0 Å². The Labute approximate surface area is 259 Å². The number of allylic oxidation sites excluding steroid dienone is 1. The van der Waals surface area contributed by atoms with Crippen molar-refractivity contribution in [2.45, 2.75) is 118 Å². The van der Waals surface area contributed by atoms with E-state index >= 15 is 0 Å². The molecular weight excluding hydrogens is 584 g/mol. The summed E-state index contributed by atoms with van der Waals surface area (Å²) in [5.74, 6) is 4.98. The molecular formula is C33H59BrN2O5. The van der Waals surface area contributed by atoms with Crippen molar-refractivity contribution >= 4 is 23.1 Å². The smallest absolute Gasteiger partial charge is 0.367 e. The summed E-state index contributed by atoms with van der Waals surface area (Å²) in [6.45, 7) is 13.4. The fourth-order valence-electron chi connectivity index (χ4n) is 9.59. The van der Waals surface area contributed by atoms with Gasteiger partial charge in [-0.25, -0.2) is 4.79 Å². The summed E-state index contributed by atoms with van der Waals surface area (Å²) in [5.41, 5.74) is 2.28. The van der Waals surface area contributed by atoms with Crippen LogP contribution >= 0.6 is 17.0 Å². The van der Waals surface area contributed by atoms with E-state index in [1.165, 1.54) is 56.9 Å². The lowest BCUT2D eigenvalue weighted by atomic mass is 9.47. The first-order valence-corrected chi connectivity index (χ1v) is 16.3. The lowest BCUT2D eigenvalue weighted by Crippen LogP contribution is -2.51. The van der Waals surface area contributed by atoms with Crippen LogP contribution in [0, 0.1) is 46.3 Å². The van der Waals surface area contributed by atoms with Crippen LogP contribution in [0.5, 0.6) is 0 Å². The fourth-order valence-corrected chi connectivity index (χ4v) is 9.59. The quantitative estimate of drug-likeness (QED) is 0.0931. The highest BCUT2D eigenvalue weighted by atomic mass is 79.9. The van der Waals surface area contributed by atoms with Crippen molar-refractivity contribution in [2.75, 3.05) is 26.7 Å². The highest BCUT2D eigenvalue weighted by Crippen LogP contribution is 2.67. The molecule has 8 atom stereocenters. The lowest BCUT2D eigenvalue weighted by molar-refractivity contribution is -0.278. The summed E-state index contributed by atoms with van der Waals surface area (Å²) in [7, 11) is 1.76. The minimum Gasteiger partial charge on any atom is -0.367 e. The van der Waals surface area contributed by atoms with Gasteiger partial charge in [-0.2, -0.15) is 4.89 Å². The van der Waals surface area contributed by atoms with Gasteiger partial charge in [-0.3, -0.25) is 9.79 Å². The van der Waals surface area contributed by atoms with E-state index in [-0.39, 0.29) is 35.0 Å². The Balaban J connectivity index is 0.00000462. The Morgan fingerprint density at radius 3 is 2.56 bits per heavy atom. The first kappa shape index (κ1) is 34.8. The van der Waals surface area contributed by atoms with E-state index < -0.39 is 12.4 Å². The number of fused-ring (bicyclic) bond motifs is 5. The van der Waals surface area contributed by atoms with E-state index in [9.17, 15) is 4.79 Å². The first-order chi connectivity index (χ1) is 18.9. The molecule has 0 aromatic heterocycles. The largest absolute Gasteiger partial charge is 0.438 e. The molecule has 0 heterocycles. The molecule has 238 valence electrons. The molecule has 0 aromatic carbocycles. The molecule has 3 saturated carbocycles. The van der Waals surface area contributed by atoms with Gasteiger partial charge in [-0.05, 0) is 105 Å². The molecule has 1 amide bonds. The van der Waals surface area contributed by atoms with Crippen LogP contribution in [0.25, 0.3) is 0 Å². The van der Waals surface area contributed by atoms with Crippen molar-refractivity contribution in [3.8, 4) is 0 Å². The monoisotopic (exact) mass is 642 g/mol. The Hall–Kier alpha value is -0.670. The van der Waals surface area contributed by atoms with Crippen LogP contribution < -0.4 is 5.32 Å². The minimum atomic E-state index is -1.39. The number of likely N-dealkylation sites (N-methyl/N-ethyl adjacent to an activating group) is 1. The number of nitrogens with one attached hydrogen (secondary N) is 1. The molecule has 3 N–H and O–H groups in total. The molecule has 0 spiro atoms. The summed E-state index contributed by atoms with van der Waals surface area (Å²) < 4.78 is 0. The molecule has 0 radical (unpaired) electrons. The van der Waals surface area contributed by atoms with Gasteiger partial charge in [0.25, 0.3) is 0 Å². The van der Waals surface area contributed by atoms with Crippen LogP contribution in [-0.4, -0.2) is 60.3 Å². The highest BCUT2D eigenvalue weighted by Gasteiger charge is 2.59. The summed E-state index contributed by atoms with van der Waals surface area (Å²) in [5, 5.41) is 20.7. The van der Waals surface area contributed by atoms with Crippen molar-refractivity contribution in [1.82, 2.24) is 10.2 Å². The number of carbonyl (C=O) groups excluding carboxylic acids is 1. The zero-order chi connectivity index (χ0) is 29.1. The SMILES string of the molecule is Br.CC(C)CCC[C@@H](C)[C@H]1CC[C@H]2[C@@H]3CC=C4C[C@@H](OOC(=O)NCCN(C)CC(O)O)CC[C@]4(C)[C@H]3CC[C@]12C. The van der Waals surface area contributed by atoms with E-state index in [1.54, 1.807) is 11.9 Å². The number of halogens is 1. The van der Waals surface area contributed by atoms with Gasteiger partial charge < -0.3 is 15.5 Å². The topological polar surface area (TPSA) is 91.3 Å². The van der Waals surface area contributed by atoms with Crippen molar-refractivity contribution in [1.29, 1.82) is 0 Å². The molecule has 0 bridgehead atoms. The molecule has 0 aromatic rings. The van der Waals surface area contributed by atoms with Gasteiger partial charge in [-0.15, -0.1) is 17.0 Å². The number of carbonyl (C=O) groups is 1. The van der Waals surface area contributed by atoms with Crippen LogP contribution in [0.3, 0.4) is 0 Å². The average molecular weight is 644 g/mol. The molecule has 0 saturated heterocycles. The van der Waals surface area contributed by atoms with E-state index in [0.29, 0.717) is 18.5 Å². The average Bonchev–Trinajstić information content (AvgIpc) is 3.24. The maximum absolute atomic E-state index is 12.1. The van der Waals surface area contributed by atoms with E-state index in [1.807, 2.05) is 0 Å². The number of nitrogens with zero attached hydrogens (tertiary/aromatic N) is 1. The number of rotatable bonds is 12. The van der Waals surface area contributed by atoms with Gasteiger partial charge in [0.15, 0.2) is 6.29 Å². The zero-order valence-electron chi connectivity index (χ0n) is 26.6. The van der Waals surface area contributed by atoms with E-state index in [4.69, 9.17) is 20.0 Å². The molecule has 0 unspecified atom stereocenters. The number of hydrogen-bond donors (Lipinski definition) is 3. The van der Waals surface area contributed by atoms with Gasteiger partial charge in [0.05, 0.1) is 0 Å². The molecule has 4 aliphatic carbocycles. The van der Waals surface area contributed by atoms with Gasteiger partial charge >= 0.3 is 6.09 Å². The predicted molar refractivity (Wildman–Crippen MR) is 168 cm³/mol. The Morgan fingerprint density at radius 2 is 1.85 bits per heavy atom. The maximum Gasteiger partial charge on any atom is 0.438 e. The number of aliphatic hydroxyl groups excluding tert-OH is 1. The third-order valence-electron chi connectivity index (χ3n) is 11.8. The Bertz CT molecular complexity index is 884. The predicted octanol–water partition coefficient (Wildman–Crippen LogP) is 6.87. The standard InChI is InChI=1S/C33H58N2O5.BrH/c1-22(2)8-7-9-23(3)27-12-13-28-26-11-10-24-20-25(14-16-32(24,4)29(26)15-17-33(27,28)5)39-40-31(38)34-18-19-35(6)21-30(36)37;/h10,22-23,25-30,36-37H,7-9,11-21H2,1-6H3,(H,34,38);1H/t23-,25+,26+,27-,28+,29+,32+,33-;/m1./s1. The van der Waals surface area contributed by atoms with Crippen molar-refractivity contribution < 1.29 is 24.8 Å².